The lowest BCUT2D eigenvalue weighted by atomic mass is 10.2. The summed E-state index contributed by atoms with van der Waals surface area (Å²) in [7, 11) is 0. The van der Waals surface area contributed by atoms with Gasteiger partial charge in [0.05, 0.1) is 15.5 Å². The predicted molar refractivity (Wildman–Crippen MR) is 78.8 cm³/mol. The van der Waals surface area contributed by atoms with Crippen LogP contribution in [0.4, 0.5) is 0 Å². The molecule has 1 aromatic heterocycles. The monoisotopic (exact) mass is 366 g/mol. The predicted octanol–water partition coefficient (Wildman–Crippen LogP) is 4.32. The van der Waals surface area contributed by atoms with Crippen LogP contribution in [0.15, 0.2) is 33.2 Å². The Morgan fingerprint density at radius 1 is 0.944 bits per heavy atom. The third-order valence-electron chi connectivity index (χ3n) is 2.87. The number of hydrogen-bond acceptors (Lipinski definition) is 3. The summed E-state index contributed by atoms with van der Waals surface area (Å²) in [5.74, 6) is 0.129. The Morgan fingerprint density at radius 2 is 1.50 bits per heavy atom. The smallest absolute Gasteiger partial charge is 0.158 e. The van der Waals surface area contributed by atoms with Crippen molar-refractivity contribution >= 4 is 53.9 Å². The molecule has 3 nitrogen and oxygen atoms in total. The Kier molecular flexibility index (Phi) is 2.75. The zero-order valence-electron chi connectivity index (χ0n) is 9.41. The summed E-state index contributed by atoms with van der Waals surface area (Å²) >= 11 is 6.88. The van der Waals surface area contributed by atoms with Crippen molar-refractivity contribution in [3.63, 3.8) is 0 Å². The highest BCUT2D eigenvalue weighted by Gasteiger charge is 2.16. The molecule has 0 aliphatic carbocycles. The minimum atomic E-state index is 0.129. The molecule has 0 spiro atoms. The number of aromatic nitrogens is 2. The van der Waals surface area contributed by atoms with Gasteiger partial charge in [-0.2, -0.15) is 0 Å². The number of benzene rings is 2. The van der Waals surface area contributed by atoms with Crippen molar-refractivity contribution in [2.24, 2.45) is 0 Å². The molecule has 0 amide bonds. The van der Waals surface area contributed by atoms with Crippen molar-refractivity contribution in [2.75, 3.05) is 0 Å². The van der Waals surface area contributed by atoms with Crippen LogP contribution < -0.4 is 0 Å². The van der Waals surface area contributed by atoms with Gasteiger partial charge in [-0.15, -0.1) is 0 Å². The molecule has 0 saturated carbocycles. The number of phenols is 1. The second-order valence-electron chi connectivity index (χ2n) is 4.01. The highest BCUT2D eigenvalue weighted by atomic mass is 79.9. The average Bonchev–Trinajstić information content (AvgIpc) is 2.41. The molecule has 1 N–H and O–H groups in total. The molecule has 18 heavy (non-hydrogen) atoms. The van der Waals surface area contributed by atoms with Gasteiger partial charge in [0.2, 0.25) is 0 Å². The van der Waals surface area contributed by atoms with Gasteiger partial charge in [-0.25, -0.2) is 9.97 Å². The van der Waals surface area contributed by atoms with E-state index in [4.69, 9.17) is 0 Å². The quantitative estimate of drug-likeness (QED) is 0.602. The van der Waals surface area contributed by atoms with Crippen molar-refractivity contribution in [2.45, 2.75) is 6.92 Å². The number of hydrogen-bond donors (Lipinski definition) is 1. The number of rotatable bonds is 0. The molecule has 1 heterocycles. The van der Waals surface area contributed by atoms with E-state index in [0.29, 0.717) is 15.5 Å². The van der Waals surface area contributed by atoms with Gasteiger partial charge in [-0.05, 0) is 56.5 Å². The minimum absolute atomic E-state index is 0.129. The van der Waals surface area contributed by atoms with Gasteiger partial charge in [0.1, 0.15) is 11.0 Å². The van der Waals surface area contributed by atoms with E-state index < -0.39 is 0 Å². The maximum Gasteiger partial charge on any atom is 0.158 e. The van der Waals surface area contributed by atoms with Crippen LogP contribution in [0.3, 0.4) is 0 Å². The molecular formula is C13H8Br2N2O. The molecule has 5 heteroatoms. The molecule has 0 unspecified atom stereocenters. The lowest BCUT2D eigenvalue weighted by Crippen LogP contribution is -1.92. The maximum absolute atomic E-state index is 10.2. The Bertz CT molecular complexity index is 721. The van der Waals surface area contributed by atoms with E-state index in [1.807, 2.05) is 31.2 Å². The molecule has 0 bridgehead atoms. The summed E-state index contributed by atoms with van der Waals surface area (Å²) in [5, 5.41) is 10.2. The summed E-state index contributed by atoms with van der Waals surface area (Å²) < 4.78 is 1.49. The Hall–Kier alpha value is -1.20. The summed E-state index contributed by atoms with van der Waals surface area (Å²) in [6.45, 7) is 1.91. The largest absolute Gasteiger partial charge is 0.504 e. The van der Waals surface area contributed by atoms with Gasteiger partial charge >= 0.3 is 0 Å². The SMILES string of the molecule is Cc1c(Br)c(O)c2nc3ccccc3nc2c1Br. The van der Waals surface area contributed by atoms with Crippen molar-refractivity contribution in [1.29, 1.82) is 0 Å². The van der Waals surface area contributed by atoms with E-state index >= 15 is 0 Å². The van der Waals surface area contributed by atoms with E-state index in [1.165, 1.54) is 0 Å². The summed E-state index contributed by atoms with van der Waals surface area (Å²) in [5.41, 5.74) is 3.66. The zero-order chi connectivity index (χ0) is 12.9. The highest BCUT2D eigenvalue weighted by Crippen LogP contribution is 2.40. The highest BCUT2D eigenvalue weighted by molar-refractivity contribution is 9.11. The summed E-state index contributed by atoms with van der Waals surface area (Å²) in [4.78, 5) is 9.02. The van der Waals surface area contributed by atoms with Gasteiger partial charge < -0.3 is 5.11 Å². The van der Waals surface area contributed by atoms with Crippen LogP contribution in [0.25, 0.3) is 22.1 Å². The van der Waals surface area contributed by atoms with E-state index in [9.17, 15) is 5.11 Å². The number of para-hydroxylation sites is 2. The minimum Gasteiger partial charge on any atom is -0.504 e. The summed E-state index contributed by atoms with van der Waals surface area (Å²) in [6.07, 6.45) is 0. The van der Waals surface area contributed by atoms with Gasteiger partial charge in [0, 0.05) is 4.47 Å². The van der Waals surface area contributed by atoms with Crippen LogP contribution in [0.1, 0.15) is 5.56 Å². The third kappa shape index (κ3) is 1.61. The molecule has 0 aliphatic rings. The molecule has 0 saturated heterocycles. The van der Waals surface area contributed by atoms with Crippen LogP contribution in [0.5, 0.6) is 5.75 Å². The van der Waals surface area contributed by atoms with E-state index in [-0.39, 0.29) is 5.75 Å². The maximum atomic E-state index is 10.2. The fourth-order valence-corrected chi connectivity index (χ4v) is 3.00. The third-order valence-corrected chi connectivity index (χ3v) is 4.81. The van der Waals surface area contributed by atoms with Gasteiger partial charge in [0.15, 0.2) is 5.75 Å². The summed E-state index contributed by atoms with van der Waals surface area (Å²) in [6, 6.07) is 7.60. The second-order valence-corrected chi connectivity index (χ2v) is 5.60. The lowest BCUT2D eigenvalue weighted by molar-refractivity contribution is 0.476. The number of phenolic OH excluding ortho intramolecular Hbond substituents is 1. The van der Waals surface area contributed by atoms with Crippen LogP contribution in [0, 0.1) is 6.92 Å². The van der Waals surface area contributed by atoms with Crippen LogP contribution in [0.2, 0.25) is 0 Å². The van der Waals surface area contributed by atoms with Crippen molar-refractivity contribution in [1.82, 2.24) is 9.97 Å². The van der Waals surface area contributed by atoms with Gasteiger partial charge in [-0.1, -0.05) is 12.1 Å². The Balaban J connectivity index is 2.58. The first-order chi connectivity index (χ1) is 8.59. The number of aromatic hydroxyl groups is 1. The van der Waals surface area contributed by atoms with Crippen LogP contribution in [-0.4, -0.2) is 15.1 Å². The lowest BCUT2D eigenvalue weighted by Gasteiger charge is -2.09. The average molecular weight is 368 g/mol. The van der Waals surface area contributed by atoms with Crippen molar-refractivity contribution in [3.05, 3.63) is 38.8 Å². The number of halogens is 2. The molecule has 3 aromatic rings. The first-order valence-corrected chi connectivity index (χ1v) is 6.91. The molecular weight excluding hydrogens is 360 g/mol. The Labute approximate surface area is 120 Å². The van der Waals surface area contributed by atoms with Gasteiger partial charge in [-0.3, -0.25) is 0 Å². The molecule has 3 rings (SSSR count). The van der Waals surface area contributed by atoms with Gasteiger partial charge in [0.25, 0.3) is 0 Å². The molecule has 0 atom stereocenters. The first kappa shape index (κ1) is 11.9. The topological polar surface area (TPSA) is 46.0 Å². The van der Waals surface area contributed by atoms with Crippen molar-refractivity contribution < 1.29 is 5.11 Å². The number of nitrogens with zero attached hydrogens (tertiary/aromatic N) is 2. The molecule has 0 radical (unpaired) electrons. The molecule has 90 valence electrons. The number of fused-ring (bicyclic) bond motifs is 2. The molecule has 0 aliphatic heterocycles. The molecule has 2 aromatic carbocycles. The van der Waals surface area contributed by atoms with Crippen molar-refractivity contribution in [3.8, 4) is 5.75 Å². The fourth-order valence-electron chi connectivity index (χ4n) is 1.87. The molecule has 0 fully saturated rings. The van der Waals surface area contributed by atoms with E-state index in [2.05, 4.69) is 41.8 Å². The standard InChI is InChI=1S/C13H8Br2N2O/c1-6-9(14)11-12(13(18)10(6)15)17-8-5-3-2-4-7(8)16-11/h2-5,18H,1H3. The Morgan fingerprint density at radius 3 is 2.11 bits per heavy atom. The normalized spacial score (nSPS) is 11.3. The van der Waals surface area contributed by atoms with Crippen LogP contribution in [-0.2, 0) is 0 Å². The fraction of sp³-hybridized carbons (Fsp3) is 0.0769. The van der Waals surface area contributed by atoms with E-state index in [1.54, 1.807) is 0 Å². The van der Waals surface area contributed by atoms with E-state index in [0.717, 1.165) is 21.1 Å². The first-order valence-electron chi connectivity index (χ1n) is 5.32. The van der Waals surface area contributed by atoms with Crippen LogP contribution >= 0.6 is 31.9 Å². The zero-order valence-corrected chi connectivity index (χ0v) is 12.6. The second kappa shape index (κ2) is 4.17.